The van der Waals surface area contributed by atoms with Gasteiger partial charge in [-0.3, -0.25) is 9.59 Å². The fourth-order valence-corrected chi connectivity index (χ4v) is 7.19. The van der Waals surface area contributed by atoms with Gasteiger partial charge in [-0.1, -0.05) is 18.2 Å². The number of anilines is 1. The molecule has 2 amide bonds. The molecule has 0 radical (unpaired) electrons. The molecule has 36 heavy (non-hydrogen) atoms. The van der Waals surface area contributed by atoms with Gasteiger partial charge in [0.25, 0.3) is 5.91 Å². The summed E-state index contributed by atoms with van der Waals surface area (Å²) in [4.78, 5) is 38.8. The molecule has 2 atom stereocenters. The van der Waals surface area contributed by atoms with Crippen molar-refractivity contribution in [3.63, 3.8) is 0 Å². The van der Waals surface area contributed by atoms with E-state index in [9.17, 15) is 27.2 Å². The second-order valence-corrected chi connectivity index (χ2v) is 12.2. The highest BCUT2D eigenvalue weighted by Gasteiger charge is 2.57. The molecule has 0 spiro atoms. The number of esters is 1. The van der Waals surface area contributed by atoms with Crippen LogP contribution in [0, 0.1) is 12.7 Å². The SMILES string of the molecule is Cc1ccc(NC(=O)COC(=O)[C@@H]2CS[C@@]3(c4ccc(F)cc4)CCC(=O)N23)cc1S(=O)(=O)N(C)C. The molecule has 2 heterocycles. The first-order valence-corrected chi connectivity index (χ1v) is 13.6. The number of carbonyl (C=O) groups is 3. The number of thioether (sulfide) groups is 1. The molecule has 2 aromatic carbocycles. The zero-order chi connectivity index (χ0) is 26.3. The lowest BCUT2D eigenvalue weighted by Crippen LogP contribution is -2.47. The van der Waals surface area contributed by atoms with Crippen LogP contribution in [0.2, 0.25) is 0 Å². The molecule has 2 aliphatic heterocycles. The van der Waals surface area contributed by atoms with Crippen molar-refractivity contribution in [2.24, 2.45) is 0 Å². The van der Waals surface area contributed by atoms with Gasteiger partial charge in [-0.25, -0.2) is 21.9 Å². The molecule has 12 heteroatoms. The van der Waals surface area contributed by atoms with Crippen LogP contribution in [0.25, 0.3) is 0 Å². The monoisotopic (exact) mass is 535 g/mol. The van der Waals surface area contributed by atoms with Gasteiger partial charge in [-0.05, 0) is 48.7 Å². The van der Waals surface area contributed by atoms with Gasteiger partial charge >= 0.3 is 5.97 Å². The molecule has 9 nitrogen and oxygen atoms in total. The average molecular weight is 536 g/mol. The summed E-state index contributed by atoms with van der Waals surface area (Å²) in [6.07, 6.45) is 0.734. The summed E-state index contributed by atoms with van der Waals surface area (Å²) in [7, 11) is -0.885. The Morgan fingerprint density at radius 2 is 1.92 bits per heavy atom. The van der Waals surface area contributed by atoms with Gasteiger partial charge in [-0.15, -0.1) is 11.8 Å². The highest BCUT2D eigenvalue weighted by molar-refractivity contribution is 8.00. The molecule has 2 aliphatic rings. The Morgan fingerprint density at radius 1 is 1.22 bits per heavy atom. The largest absolute Gasteiger partial charge is 0.454 e. The fourth-order valence-electron chi connectivity index (χ4n) is 4.41. The minimum Gasteiger partial charge on any atom is -0.454 e. The zero-order valence-electron chi connectivity index (χ0n) is 20.0. The molecular weight excluding hydrogens is 509 g/mol. The maximum atomic E-state index is 13.4. The third kappa shape index (κ3) is 4.72. The quantitative estimate of drug-likeness (QED) is 0.542. The minimum atomic E-state index is -3.71. The number of hydrogen-bond acceptors (Lipinski definition) is 7. The molecule has 1 N–H and O–H groups in total. The first-order chi connectivity index (χ1) is 17.0. The van der Waals surface area contributed by atoms with E-state index in [2.05, 4.69) is 5.32 Å². The number of benzene rings is 2. The van der Waals surface area contributed by atoms with Crippen LogP contribution in [0.5, 0.6) is 0 Å². The summed E-state index contributed by atoms with van der Waals surface area (Å²) >= 11 is 1.42. The lowest BCUT2D eigenvalue weighted by Gasteiger charge is -2.33. The maximum Gasteiger partial charge on any atom is 0.330 e. The summed E-state index contributed by atoms with van der Waals surface area (Å²) in [6, 6.07) is 9.46. The minimum absolute atomic E-state index is 0.0509. The van der Waals surface area contributed by atoms with Crippen LogP contribution in [0.15, 0.2) is 47.4 Å². The van der Waals surface area contributed by atoms with E-state index in [0.717, 1.165) is 9.87 Å². The van der Waals surface area contributed by atoms with E-state index in [1.807, 2.05) is 0 Å². The van der Waals surface area contributed by atoms with Crippen molar-refractivity contribution in [1.29, 1.82) is 0 Å². The number of nitrogens with one attached hydrogen (secondary N) is 1. The number of hydrogen-bond donors (Lipinski definition) is 1. The van der Waals surface area contributed by atoms with Gasteiger partial charge in [0.2, 0.25) is 15.9 Å². The molecule has 0 unspecified atom stereocenters. The van der Waals surface area contributed by atoms with Crippen LogP contribution in [0.1, 0.15) is 24.0 Å². The number of aryl methyl sites for hydroxylation is 1. The van der Waals surface area contributed by atoms with Crippen molar-refractivity contribution in [3.8, 4) is 0 Å². The van der Waals surface area contributed by atoms with Gasteiger partial charge < -0.3 is 15.0 Å². The Labute approximate surface area is 213 Å². The van der Waals surface area contributed by atoms with Crippen LogP contribution in [0.3, 0.4) is 0 Å². The molecule has 0 aliphatic carbocycles. The zero-order valence-corrected chi connectivity index (χ0v) is 21.6. The van der Waals surface area contributed by atoms with E-state index in [0.29, 0.717) is 12.0 Å². The lowest BCUT2D eigenvalue weighted by atomic mass is 10.0. The number of halogens is 1. The Balaban J connectivity index is 1.42. The van der Waals surface area contributed by atoms with E-state index in [-0.39, 0.29) is 28.7 Å². The van der Waals surface area contributed by atoms with Crippen molar-refractivity contribution < 1.29 is 31.9 Å². The van der Waals surface area contributed by atoms with Crippen molar-refractivity contribution in [2.75, 3.05) is 31.8 Å². The predicted molar refractivity (Wildman–Crippen MR) is 132 cm³/mol. The number of ether oxygens (including phenoxy) is 1. The van der Waals surface area contributed by atoms with Crippen LogP contribution < -0.4 is 5.32 Å². The normalized spacial score (nSPS) is 21.5. The number of carbonyl (C=O) groups excluding carboxylic acids is 3. The summed E-state index contributed by atoms with van der Waals surface area (Å²) in [6.45, 7) is 1.05. The highest BCUT2D eigenvalue weighted by Crippen LogP contribution is 2.54. The van der Waals surface area contributed by atoms with Gasteiger partial charge in [0.15, 0.2) is 6.61 Å². The molecule has 192 valence electrons. The standard InChI is InChI=1S/C24H26FN3O6S2/c1-15-4-9-18(12-20(15)36(32,33)27(2)3)26-21(29)13-34-23(31)19-14-35-24(11-10-22(30)28(19)24)16-5-7-17(25)8-6-16/h4-9,12,19H,10-11,13-14H2,1-3H3,(H,26,29)/t19-,24+/m0/s1. The Hall–Kier alpha value is -2.96. The van der Waals surface area contributed by atoms with Gasteiger partial charge in [0, 0.05) is 32.0 Å². The number of rotatable bonds is 7. The summed E-state index contributed by atoms with van der Waals surface area (Å²) in [5.41, 5.74) is 1.49. The lowest BCUT2D eigenvalue weighted by molar-refractivity contribution is -0.155. The smallest absolute Gasteiger partial charge is 0.330 e. The van der Waals surface area contributed by atoms with E-state index in [4.69, 9.17) is 4.74 Å². The van der Waals surface area contributed by atoms with E-state index >= 15 is 0 Å². The maximum absolute atomic E-state index is 13.4. The highest BCUT2D eigenvalue weighted by atomic mass is 32.2. The molecule has 2 aromatic rings. The number of nitrogens with zero attached hydrogens (tertiary/aromatic N) is 2. The van der Waals surface area contributed by atoms with Gasteiger partial charge in [-0.2, -0.15) is 0 Å². The van der Waals surface area contributed by atoms with Gasteiger partial charge in [0.05, 0.1) is 4.90 Å². The van der Waals surface area contributed by atoms with Crippen LogP contribution in [-0.4, -0.2) is 67.9 Å². The fraction of sp³-hybridized carbons (Fsp3) is 0.375. The second-order valence-electron chi connectivity index (χ2n) is 8.81. The van der Waals surface area contributed by atoms with Crippen LogP contribution in [-0.2, 0) is 34.0 Å². The summed E-state index contributed by atoms with van der Waals surface area (Å²) in [5, 5.41) is 2.54. The van der Waals surface area contributed by atoms with Crippen molar-refractivity contribution in [2.45, 2.75) is 35.6 Å². The van der Waals surface area contributed by atoms with Crippen LogP contribution in [0.4, 0.5) is 10.1 Å². The second kappa shape index (κ2) is 9.83. The third-order valence-corrected chi connectivity index (χ3v) is 9.82. The molecule has 0 bridgehead atoms. The average Bonchev–Trinajstić information content (AvgIpc) is 3.38. The topological polar surface area (TPSA) is 113 Å². The van der Waals surface area contributed by atoms with Crippen LogP contribution >= 0.6 is 11.8 Å². The number of amides is 2. The predicted octanol–water partition coefficient (Wildman–Crippen LogP) is 2.46. The third-order valence-electron chi connectivity index (χ3n) is 6.27. The molecule has 0 saturated carbocycles. The molecule has 2 saturated heterocycles. The summed E-state index contributed by atoms with van der Waals surface area (Å²) < 4.78 is 44.8. The van der Waals surface area contributed by atoms with Gasteiger partial charge in [0.1, 0.15) is 16.7 Å². The Bertz CT molecular complexity index is 1320. The molecule has 4 rings (SSSR count). The molecular formula is C24H26FN3O6S2. The first-order valence-electron chi connectivity index (χ1n) is 11.2. The molecule has 2 fully saturated rings. The number of sulfonamides is 1. The van der Waals surface area contributed by atoms with Crippen molar-refractivity contribution in [1.82, 2.24) is 9.21 Å². The Morgan fingerprint density at radius 3 is 2.58 bits per heavy atom. The van der Waals surface area contributed by atoms with E-state index in [1.165, 1.54) is 49.0 Å². The molecule has 0 aromatic heterocycles. The van der Waals surface area contributed by atoms with Crippen molar-refractivity contribution >= 4 is 45.3 Å². The summed E-state index contributed by atoms with van der Waals surface area (Å²) in [5.74, 6) is -1.67. The van der Waals surface area contributed by atoms with E-state index in [1.54, 1.807) is 31.2 Å². The Kier molecular flexibility index (Phi) is 7.13. The van der Waals surface area contributed by atoms with Crippen molar-refractivity contribution in [3.05, 3.63) is 59.4 Å². The first kappa shape index (κ1) is 26.1. The van der Waals surface area contributed by atoms with E-state index < -0.39 is 45.2 Å². The number of fused-ring (bicyclic) bond motifs is 1.